The van der Waals surface area contributed by atoms with Gasteiger partial charge in [0.1, 0.15) is 0 Å². The fourth-order valence-corrected chi connectivity index (χ4v) is 3.01. The SMILES string of the molecule is CCCc1nc(N2CCN(C)CC2)nc2c1CCNC2. The number of anilines is 1. The Kier molecular flexibility index (Phi) is 4.17. The number of nitrogens with one attached hydrogen (secondary N) is 1. The molecule has 2 aliphatic rings. The molecule has 3 rings (SSSR count). The third-order valence-electron chi connectivity index (χ3n) is 4.28. The quantitative estimate of drug-likeness (QED) is 0.885. The van der Waals surface area contributed by atoms with Crippen LogP contribution in [0.3, 0.4) is 0 Å². The second kappa shape index (κ2) is 6.06. The largest absolute Gasteiger partial charge is 0.338 e. The minimum Gasteiger partial charge on any atom is -0.338 e. The molecule has 0 aliphatic carbocycles. The van der Waals surface area contributed by atoms with Gasteiger partial charge in [0.15, 0.2) is 0 Å². The van der Waals surface area contributed by atoms with Crippen LogP contribution >= 0.6 is 0 Å². The van der Waals surface area contributed by atoms with Gasteiger partial charge < -0.3 is 15.1 Å². The number of nitrogens with zero attached hydrogens (tertiary/aromatic N) is 4. The summed E-state index contributed by atoms with van der Waals surface area (Å²) >= 11 is 0. The second-order valence-corrected chi connectivity index (χ2v) is 5.86. The molecule has 3 heterocycles. The molecule has 0 unspecified atom stereocenters. The zero-order chi connectivity index (χ0) is 13.9. The molecule has 1 fully saturated rings. The summed E-state index contributed by atoms with van der Waals surface area (Å²) in [5.41, 5.74) is 3.92. The van der Waals surface area contributed by atoms with E-state index < -0.39 is 0 Å². The molecule has 1 saturated heterocycles. The number of hydrogen-bond donors (Lipinski definition) is 1. The molecule has 0 spiro atoms. The van der Waals surface area contributed by atoms with Crippen molar-refractivity contribution in [3.05, 3.63) is 17.0 Å². The minimum absolute atomic E-state index is 0.898. The first-order chi connectivity index (χ1) is 9.78. The van der Waals surface area contributed by atoms with Crippen LogP contribution in [0.15, 0.2) is 0 Å². The van der Waals surface area contributed by atoms with E-state index in [1.165, 1.54) is 17.0 Å². The van der Waals surface area contributed by atoms with E-state index in [1.54, 1.807) is 0 Å². The molecular formula is C15H25N5. The normalized spacial score (nSPS) is 20.0. The van der Waals surface area contributed by atoms with Gasteiger partial charge in [0.25, 0.3) is 0 Å². The molecule has 0 atom stereocenters. The number of fused-ring (bicyclic) bond motifs is 1. The van der Waals surface area contributed by atoms with E-state index in [0.29, 0.717) is 0 Å². The summed E-state index contributed by atoms with van der Waals surface area (Å²) in [5, 5.41) is 3.43. The zero-order valence-corrected chi connectivity index (χ0v) is 12.7. The fourth-order valence-electron chi connectivity index (χ4n) is 3.01. The molecule has 5 heteroatoms. The van der Waals surface area contributed by atoms with Crippen LogP contribution in [0.1, 0.15) is 30.3 Å². The Morgan fingerprint density at radius 1 is 1.15 bits per heavy atom. The van der Waals surface area contributed by atoms with Gasteiger partial charge >= 0.3 is 0 Å². The highest BCUT2D eigenvalue weighted by molar-refractivity contribution is 5.39. The number of piperazine rings is 1. The lowest BCUT2D eigenvalue weighted by molar-refractivity contribution is 0.311. The van der Waals surface area contributed by atoms with E-state index >= 15 is 0 Å². The number of hydrogen-bond acceptors (Lipinski definition) is 5. The lowest BCUT2D eigenvalue weighted by atomic mass is 10.0. The monoisotopic (exact) mass is 275 g/mol. The molecular weight excluding hydrogens is 250 g/mol. The van der Waals surface area contributed by atoms with Crippen LogP contribution in [-0.2, 0) is 19.4 Å². The van der Waals surface area contributed by atoms with E-state index in [9.17, 15) is 0 Å². The van der Waals surface area contributed by atoms with Crippen LogP contribution < -0.4 is 10.2 Å². The minimum atomic E-state index is 0.898. The first-order valence-corrected chi connectivity index (χ1v) is 7.81. The van der Waals surface area contributed by atoms with Gasteiger partial charge in [-0.15, -0.1) is 0 Å². The predicted molar refractivity (Wildman–Crippen MR) is 81.1 cm³/mol. The Balaban J connectivity index is 1.89. The first-order valence-electron chi connectivity index (χ1n) is 7.81. The van der Waals surface area contributed by atoms with Crippen molar-refractivity contribution in [2.45, 2.75) is 32.7 Å². The van der Waals surface area contributed by atoms with E-state index in [1.807, 2.05) is 0 Å². The highest BCUT2D eigenvalue weighted by atomic mass is 15.3. The molecule has 1 aromatic rings. The third-order valence-corrected chi connectivity index (χ3v) is 4.28. The van der Waals surface area contributed by atoms with Gasteiger partial charge in [0, 0.05) is 38.4 Å². The molecule has 5 nitrogen and oxygen atoms in total. The van der Waals surface area contributed by atoms with E-state index in [4.69, 9.17) is 9.97 Å². The van der Waals surface area contributed by atoms with Gasteiger partial charge in [-0.2, -0.15) is 0 Å². The van der Waals surface area contributed by atoms with E-state index in [-0.39, 0.29) is 0 Å². The number of aryl methyl sites for hydroxylation is 1. The van der Waals surface area contributed by atoms with Gasteiger partial charge in [-0.05, 0) is 32.0 Å². The summed E-state index contributed by atoms with van der Waals surface area (Å²) in [6, 6.07) is 0. The summed E-state index contributed by atoms with van der Waals surface area (Å²) in [5.74, 6) is 0.948. The van der Waals surface area contributed by atoms with Gasteiger partial charge in [0.05, 0.1) is 5.69 Å². The Hall–Kier alpha value is -1.20. The molecule has 0 saturated carbocycles. The smallest absolute Gasteiger partial charge is 0.225 e. The summed E-state index contributed by atoms with van der Waals surface area (Å²) < 4.78 is 0. The molecule has 0 radical (unpaired) electrons. The molecule has 1 aromatic heterocycles. The van der Waals surface area contributed by atoms with Crippen molar-refractivity contribution in [1.29, 1.82) is 0 Å². The summed E-state index contributed by atoms with van der Waals surface area (Å²) in [6.45, 7) is 8.45. The Morgan fingerprint density at radius 3 is 2.70 bits per heavy atom. The second-order valence-electron chi connectivity index (χ2n) is 5.86. The average Bonchev–Trinajstić information content (AvgIpc) is 2.48. The topological polar surface area (TPSA) is 44.3 Å². The maximum atomic E-state index is 4.89. The predicted octanol–water partition coefficient (Wildman–Crippen LogP) is 0.827. The van der Waals surface area contributed by atoms with Crippen molar-refractivity contribution in [3.8, 4) is 0 Å². The van der Waals surface area contributed by atoms with Crippen LogP contribution in [0.25, 0.3) is 0 Å². The van der Waals surface area contributed by atoms with Crippen LogP contribution in [0.5, 0.6) is 0 Å². The maximum absolute atomic E-state index is 4.89. The molecule has 1 N–H and O–H groups in total. The first kappa shape index (κ1) is 13.8. The van der Waals surface area contributed by atoms with Gasteiger partial charge in [0.2, 0.25) is 5.95 Å². The molecule has 110 valence electrons. The van der Waals surface area contributed by atoms with Crippen molar-refractivity contribution in [1.82, 2.24) is 20.2 Å². The highest BCUT2D eigenvalue weighted by Gasteiger charge is 2.21. The molecule has 20 heavy (non-hydrogen) atoms. The van der Waals surface area contributed by atoms with Gasteiger partial charge in [-0.25, -0.2) is 9.97 Å². The molecule has 0 bridgehead atoms. The van der Waals surface area contributed by atoms with Crippen LogP contribution in [-0.4, -0.2) is 54.6 Å². The Labute approximate surface area is 121 Å². The van der Waals surface area contributed by atoms with Gasteiger partial charge in [-0.3, -0.25) is 0 Å². The molecule has 0 amide bonds. The lowest BCUT2D eigenvalue weighted by Crippen LogP contribution is -2.45. The van der Waals surface area contributed by atoms with Crippen molar-refractivity contribution < 1.29 is 0 Å². The van der Waals surface area contributed by atoms with Crippen LogP contribution in [0, 0.1) is 0 Å². The number of rotatable bonds is 3. The van der Waals surface area contributed by atoms with Gasteiger partial charge in [-0.1, -0.05) is 13.3 Å². The average molecular weight is 275 g/mol. The molecule has 2 aliphatic heterocycles. The lowest BCUT2D eigenvalue weighted by Gasteiger charge is -2.33. The molecule has 0 aromatic carbocycles. The van der Waals surface area contributed by atoms with E-state index in [2.05, 4.69) is 29.1 Å². The van der Waals surface area contributed by atoms with Crippen LogP contribution in [0.2, 0.25) is 0 Å². The van der Waals surface area contributed by atoms with Crippen LogP contribution in [0.4, 0.5) is 5.95 Å². The highest BCUT2D eigenvalue weighted by Crippen LogP contribution is 2.21. The zero-order valence-electron chi connectivity index (χ0n) is 12.7. The van der Waals surface area contributed by atoms with Crippen molar-refractivity contribution in [2.24, 2.45) is 0 Å². The number of likely N-dealkylation sites (N-methyl/N-ethyl adjacent to an activating group) is 1. The standard InChI is InChI=1S/C15H25N5/c1-3-4-13-12-5-6-16-11-14(12)18-15(17-13)20-9-7-19(2)8-10-20/h16H,3-11H2,1-2H3. The summed E-state index contributed by atoms with van der Waals surface area (Å²) in [7, 11) is 2.18. The van der Waals surface area contributed by atoms with Crippen molar-refractivity contribution in [2.75, 3.05) is 44.7 Å². The van der Waals surface area contributed by atoms with Crippen molar-refractivity contribution >= 4 is 5.95 Å². The third kappa shape index (κ3) is 2.79. The Morgan fingerprint density at radius 2 is 1.95 bits per heavy atom. The Bertz CT molecular complexity index is 466. The fraction of sp³-hybridized carbons (Fsp3) is 0.733. The summed E-state index contributed by atoms with van der Waals surface area (Å²) in [4.78, 5) is 14.4. The number of aromatic nitrogens is 2. The van der Waals surface area contributed by atoms with E-state index in [0.717, 1.165) is 64.5 Å². The summed E-state index contributed by atoms with van der Waals surface area (Å²) in [6.07, 6.45) is 3.30. The maximum Gasteiger partial charge on any atom is 0.225 e. The van der Waals surface area contributed by atoms with Crippen molar-refractivity contribution in [3.63, 3.8) is 0 Å².